The van der Waals surface area contributed by atoms with Gasteiger partial charge in [0.25, 0.3) is 11.8 Å². The number of ether oxygens (including phenoxy) is 6. The first-order chi connectivity index (χ1) is 28.5. The molecular formula is C48H46N2O8. The molecule has 10 heteroatoms. The lowest BCUT2D eigenvalue weighted by molar-refractivity contribution is 0.0534. The third-order valence-electron chi connectivity index (χ3n) is 9.75. The van der Waals surface area contributed by atoms with Crippen LogP contribution >= 0.6 is 0 Å². The Morgan fingerprint density at radius 3 is 0.879 bits per heavy atom. The SMILES string of the molecule is COc1c(OCc2ccccc2)cc(C(=O)N2CCN(C(=O)c3cc(OCc4ccccc4)c(OC)c(OCc4ccccc4)c3)CC2)cc1OCc1ccccc1. The zero-order valence-electron chi connectivity index (χ0n) is 32.7. The van der Waals surface area contributed by atoms with E-state index >= 15 is 0 Å². The summed E-state index contributed by atoms with van der Waals surface area (Å²) in [6.07, 6.45) is 0. The molecule has 1 saturated heterocycles. The number of benzene rings is 6. The number of amides is 2. The Kier molecular flexibility index (Phi) is 13.1. The van der Waals surface area contributed by atoms with Gasteiger partial charge in [-0.2, -0.15) is 0 Å². The highest BCUT2D eigenvalue weighted by molar-refractivity contribution is 5.97. The van der Waals surface area contributed by atoms with Gasteiger partial charge in [-0.3, -0.25) is 9.59 Å². The predicted molar refractivity (Wildman–Crippen MR) is 221 cm³/mol. The summed E-state index contributed by atoms with van der Waals surface area (Å²) in [5.74, 6) is 1.96. The average Bonchev–Trinajstić information content (AvgIpc) is 3.29. The van der Waals surface area contributed by atoms with Gasteiger partial charge in [0.05, 0.1) is 14.2 Å². The molecule has 0 aromatic heterocycles. The molecule has 6 aromatic carbocycles. The van der Waals surface area contributed by atoms with Gasteiger partial charge in [0, 0.05) is 37.3 Å². The van der Waals surface area contributed by atoms with Crippen molar-refractivity contribution in [2.24, 2.45) is 0 Å². The molecule has 0 saturated carbocycles. The smallest absolute Gasteiger partial charge is 0.254 e. The summed E-state index contributed by atoms with van der Waals surface area (Å²) in [5, 5.41) is 0. The van der Waals surface area contributed by atoms with E-state index in [4.69, 9.17) is 28.4 Å². The Morgan fingerprint density at radius 1 is 0.414 bits per heavy atom. The van der Waals surface area contributed by atoms with Crippen molar-refractivity contribution in [2.75, 3.05) is 40.4 Å². The average molecular weight is 779 g/mol. The van der Waals surface area contributed by atoms with E-state index in [1.807, 2.05) is 121 Å². The number of methoxy groups -OCH3 is 2. The number of hydrogen-bond acceptors (Lipinski definition) is 8. The van der Waals surface area contributed by atoms with Crippen LogP contribution in [-0.4, -0.2) is 62.0 Å². The molecule has 296 valence electrons. The minimum absolute atomic E-state index is 0.207. The van der Waals surface area contributed by atoms with Crippen LogP contribution in [0, 0.1) is 0 Å². The molecule has 0 bridgehead atoms. The number of rotatable bonds is 16. The Balaban J connectivity index is 1.09. The normalized spacial score (nSPS) is 12.4. The summed E-state index contributed by atoms with van der Waals surface area (Å²) < 4.78 is 36.5. The number of piperazine rings is 1. The fourth-order valence-corrected chi connectivity index (χ4v) is 6.65. The molecule has 0 atom stereocenters. The Morgan fingerprint density at radius 2 is 0.655 bits per heavy atom. The summed E-state index contributed by atoms with van der Waals surface area (Å²) >= 11 is 0. The van der Waals surface area contributed by atoms with Crippen LogP contribution in [0.2, 0.25) is 0 Å². The van der Waals surface area contributed by atoms with Crippen molar-refractivity contribution in [3.05, 3.63) is 179 Å². The lowest BCUT2D eigenvalue weighted by Gasteiger charge is -2.35. The number of carbonyl (C=O) groups is 2. The molecule has 0 unspecified atom stereocenters. The molecule has 0 spiro atoms. The Hall–Kier alpha value is -6.94. The molecule has 58 heavy (non-hydrogen) atoms. The van der Waals surface area contributed by atoms with Crippen molar-refractivity contribution in [3.8, 4) is 34.5 Å². The van der Waals surface area contributed by atoms with Crippen LogP contribution in [0.4, 0.5) is 0 Å². The lowest BCUT2D eigenvalue weighted by Crippen LogP contribution is -2.50. The van der Waals surface area contributed by atoms with Gasteiger partial charge in [0.15, 0.2) is 23.0 Å². The molecule has 1 aliphatic heterocycles. The first-order valence-electron chi connectivity index (χ1n) is 19.2. The highest BCUT2D eigenvalue weighted by Gasteiger charge is 2.29. The fourth-order valence-electron chi connectivity index (χ4n) is 6.65. The zero-order chi connectivity index (χ0) is 40.1. The van der Waals surface area contributed by atoms with Crippen molar-refractivity contribution in [1.29, 1.82) is 0 Å². The second-order valence-electron chi connectivity index (χ2n) is 13.7. The Bertz CT molecular complexity index is 1970. The minimum Gasteiger partial charge on any atom is -0.490 e. The van der Waals surface area contributed by atoms with Crippen LogP contribution in [-0.2, 0) is 26.4 Å². The topological polar surface area (TPSA) is 96.0 Å². The lowest BCUT2D eigenvalue weighted by atomic mass is 10.1. The molecular weight excluding hydrogens is 733 g/mol. The summed E-state index contributed by atoms with van der Waals surface area (Å²) in [6, 6.07) is 45.9. The van der Waals surface area contributed by atoms with E-state index in [1.165, 1.54) is 0 Å². The maximum atomic E-state index is 14.2. The number of carbonyl (C=O) groups excluding carboxylic acids is 2. The van der Waals surface area contributed by atoms with Crippen LogP contribution in [0.1, 0.15) is 43.0 Å². The zero-order valence-corrected chi connectivity index (χ0v) is 32.7. The van der Waals surface area contributed by atoms with Crippen molar-refractivity contribution in [2.45, 2.75) is 26.4 Å². The van der Waals surface area contributed by atoms with E-state index in [-0.39, 0.29) is 38.2 Å². The first-order valence-corrected chi connectivity index (χ1v) is 19.2. The molecule has 0 radical (unpaired) electrons. The van der Waals surface area contributed by atoms with E-state index in [1.54, 1.807) is 48.3 Å². The summed E-state index contributed by atoms with van der Waals surface area (Å²) in [5.41, 5.74) is 4.65. The molecule has 2 amide bonds. The van der Waals surface area contributed by atoms with Gasteiger partial charge in [-0.1, -0.05) is 121 Å². The van der Waals surface area contributed by atoms with Crippen LogP contribution in [0.5, 0.6) is 34.5 Å². The number of nitrogens with zero attached hydrogens (tertiary/aromatic N) is 2. The van der Waals surface area contributed by atoms with Crippen molar-refractivity contribution >= 4 is 11.8 Å². The maximum absolute atomic E-state index is 14.2. The van der Waals surface area contributed by atoms with Gasteiger partial charge >= 0.3 is 0 Å². The fraction of sp³-hybridized carbons (Fsp3) is 0.208. The Labute approximate surface area is 339 Å². The quantitative estimate of drug-likeness (QED) is 0.0965. The third-order valence-corrected chi connectivity index (χ3v) is 9.75. The minimum atomic E-state index is -0.207. The van der Waals surface area contributed by atoms with E-state index in [9.17, 15) is 9.59 Å². The highest BCUT2D eigenvalue weighted by Crippen LogP contribution is 2.41. The van der Waals surface area contributed by atoms with Crippen LogP contribution in [0.3, 0.4) is 0 Å². The molecule has 1 fully saturated rings. The van der Waals surface area contributed by atoms with Gasteiger partial charge in [-0.25, -0.2) is 0 Å². The molecule has 7 rings (SSSR count). The highest BCUT2D eigenvalue weighted by atomic mass is 16.5. The van der Waals surface area contributed by atoms with Crippen LogP contribution < -0.4 is 28.4 Å². The molecule has 0 aliphatic carbocycles. The largest absolute Gasteiger partial charge is 0.490 e. The molecule has 1 aliphatic rings. The second kappa shape index (κ2) is 19.3. The first kappa shape index (κ1) is 39.3. The third kappa shape index (κ3) is 9.89. The van der Waals surface area contributed by atoms with Crippen molar-refractivity contribution < 1.29 is 38.0 Å². The van der Waals surface area contributed by atoms with Gasteiger partial charge in [-0.05, 0) is 46.5 Å². The number of hydrogen-bond donors (Lipinski definition) is 0. The summed E-state index contributed by atoms with van der Waals surface area (Å²) in [7, 11) is 3.11. The van der Waals surface area contributed by atoms with Gasteiger partial charge in [0.1, 0.15) is 26.4 Å². The van der Waals surface area contributed by atoms with Gasteiger partial charge in [-0.15, -0.1) is 0 Å². The molecule has 10 nitrogen and oxygen atoms in total. The predicted octanol–water partition coefficient (Wildman–Crippen LogP) is 8.62. The van der Waals surface area contributed by atoms with E-state index in [0.717, 1.165) is 22.3 Å². The molecule has 1 heterocycles. The summed E-state index contributed by atoms with van der Waals surface area (Å²) in [4.78, 5) is 31.8. The second-order valence-corrected chi connectivity index (χ2v) is 13.7. The van der Waals surface area contributed by atoms with Gasteiger partial charge < -0.3 is 38.2 Å². The van der Waals surface area contributed by atoms with E-state index in [2.05, 4.69) is 0 Å². The molecule has 6 aromatic rings. The van der Waals surface area contributed by atoms with Crippen LogP contribution in [0.15, 0.2) is 146 Å². The summed E-state index contributed by atoms with van der Waals surface area (Å²) in [6.45, 7) is 2.39. The molecule has 0 N–H and O–H groups in total. The van der Waals surface area contributed by atoms with E-state index < -0.39 is 0 Å². The van der Waals surface area contributed by atoms with Crippen LogP contribution in [0.25, 0.3) is 0 Å². The monoisotopic (exact) mass is 778 g/mol. The van der Waals surface area contributed by atoms with E-state index in [0.29, 0.717) is 71.8 Å². The van der Waals surface area contributed by atoms with Crippen molar-refractivity contribution in [3.63, 3.8) is 0 Å². The van der Waals surface area contributed by atoms with Gasteiger partial charge in [0.2, 0.25) is 11.5 Å². The standard InChI is InChI=1S/C48H46N2O8/c1-53-45-41(55-31-35-15-7-3-8-16-35)27-39(28-42(45)56-32-36-17-9-4-10-18-36)47(51)49-23-25-50(26-24-49)48(52)40-29-43(57-33-37-19-11-5-12-20-37)46(54-2)44(30-40)58-34-38-21-13-6-14-22-38/h3-22,27-30H,23-26,31-34H2,1-2H3. The van der Waals surface area contributed by atoms with Crippen molar-refractivity contribution in [1.82, 2.24) is 9.80 Å². The maximum Gasteiger partial charge on any atom is 0.254 e.